The van der Waals surface area contributed by atoms with Crippen LogP contribution < -0.4 is 10.6 Å². The number of rotatable bonds is 2. The topological polar surface area (TPSA) is 63.5 Å². The maximum absolute atomic E-state index is 8.56. The van der Waals surface area contributed by atoms with Crippen LogP contribution in [0.2, 0.25) is 0 Å². The van der Waals surface area contributed by atoms with Crippen molar-refractivity contribution in [1.82, 2.24) is 4.57 Å². The molecule has 0 spiro atoms. The second-order valence-electron chi connectivity index (χ2n) is 1.73. The molecule has 0 aliphatic carbocycles. The van der Waals surface area contributed by atoms with Gasteiger partial charge in [0.05, 0.1) is 6.61 Å². The van der Waals surface area contributed by atoms with Gasteiger partial charge in [0.15, 0.2) is 0 Å². The lowest BCUT2D eigenvalue weighted by Gasteiger charge is -1.95. The predicted octanol–water partition coefficient (Wildman–Crippen LogP) is -0.684. The molecule has 0 unspecified atom stereocenters. The quantitative estimate of drug-likeness (QED) is 0.443. The Morgan fingerprint density at radius 3 is 3.20 bits per heavy atom. The molecule has 0 saturated heterocycles. The Bertz CT molecular complexity index is 251. The van der Waals surface area contributed by atoms with Gasteiger partial charge < -0.3 is 15.5 Å². The molecule has 5 heteroatoms. The minimum absolute atomic E-state index is 0.115. The monoisotopic (exact) mass is 159 g/mol. The summed E-state index contributed by atoms with van der Waals surface area (Å²) in [5.41, 5.74) is 0. The Morgan fingerprint density at radius 1 is 1.80 bits per heavy atom. The summed E-state index contributed by atoms with van der Waals surface area (Å²) in [6, 6.07) is 0. The van der Waals surface area contributed by atoms with Gasteiger partial charge in [0, 0.05) is 18.1 Å². The second kappa shape index (κ2) is 3.38. The van der Waals surface area contributed by atoms with Crippen LogP contribution in [-0.4, -0.2) is 16.3 Å². The highest BCUT2D eigenvalue weighted by Crippen LogP contribution is 1.87. The molecule has 0 amide bonds. The third-order valence-electron chi connectivity index (χ3n) is 1.11. The van der Waals surface area contributed by atoms with E-state index >= 15 is 0 Å². The molecule has 0 aromatic carbocycles. The molecule has 0 bridgehead atoms. The van der Waals surface area contributed by atoms with E-state index in [2.05, 4.69) is 5.10 Å². The smallest absolute Gasteiger partial charge is 0.207 e. The van der Waals surface area contributed by atoms with E-state index in [0.717, 1.165) is 4.80 Å². The van der Waals surface area contributed by atoms with Crippen LogP contribution in [0.25, 0.3) is 0 Å². The zero-order chi connectivity index (χ0) is 7.40. The van der Waals surface area contributed by atoms with Crippen LogP contribution in [-0.2, 0) is 6.54 Å². The lowest BCUT2D eigenvalue weighted by atomic mass is 10.7. The molecule has 0 atom stereocenters. The van der Waals surface area contributed by atoms with Gasteiger partial charge in [-0.2, -0.15) is 5.10 Å². The van der Waals surface area contributed by atoms with Gasteiger partial charge in [0.1, 0.15) is 0 Å². The molecule has 1 aromatic heterocycles. The lowest BCUT2D eigenvalue weighted by molar-refractivity contribution is 0.274. The number of thiazole rings is 1. The van der Waals surface area contributed by atoms with Crippen molar-refractivity contribution in [1.29, 1.82) is 0 Å². The van der Waals surface area contributed by atoms with Gasteiger partial charge in [0.25, 0.3) is 0 Å². The van der Waals surface area contributed by atoms with Crippen molar-refractivity contribution >= 4 is 11.3 Å². The summed E-state index contributed by atoms with van der Waals surface area (Å²) < 4.78 is 1.80. The van der Waals surface area contributed by atoms with Crippen LogP contribution >= 0.6 is 11.3 Å². The van der Waals surface area contributed by atoms with Crippen LogP contribution in [0, 0.1) is 0 Å². The van der Waals surface area contributed by atoms with Gasteiger partial charge >= 0.3 is 0 Å². The van der Waals surface area contributed by atoms with E-state index in [4.69, 9.17) is 10.9 Å². The predicted molar refractivity (Wildman–Crippen MR) is 39.1 cm³/mol. The number of aromatic nitrogens is 1. The zero-order valence-electron chi connectivity index (χ0n) is 5.40. The highest BCUT2D eigenvalue weighted by molar-refractivity contribution is 7.07. The highest BCUT2D eigenvalue weighted by Gasteiger charge is 1.90. The van der Waals surface area contributed by atoms with E-state index in [1.807, 2.05) is 11.6 Å². The molecule has 10 heavy (non-hydrogen) atoms. The molecule has 0 fully saturated rings. The molecular formula is C5H9N3OS. The van der Waals surface area contributed by atoms with Crippen LogP contribution in [0.5, 0.6) is 0 Å². The first-order chi connectivity index (χ1) is 4.88. The summed E-state index contributed by atoms with van der Waals surface area (Å²) in [6.07, 6.45) is 1.84. The summed E-state index contributed by atoms with van der Waals surface area (Å²) in [5, 5.41) is 14.0. The van der Waals surface area contributed by atoms with E-state index in [1.54, 1.807) is 4.57 Å². The molecule has 1 rings (SSSR count). The number of nitrogens with zero attached hydrogens (tertiary/aromatic N) is 2. The molecule has 4 nitrogen and oxygen atoms in total. The first-order valence-electron chi connectivity index (χ1n) is 2.87. The van der Waals surface area contributed by atoms with Gasteiger partial charge in [-0.25, -0.2) is 0 Å². The number of aliphatic hydroxyl groups excluding tert-OH is 1. The largest absolute Gasteiger partial charge is 0.395 e. The third-order valence-corrected chi connectivity index (χ3v) is 1.92. The first-order valence-corrected chi connectivity index (χ1v) is 3.75. The fraction of sp³-hybridized carbons (Fsp3) is 0.400. The van der Waals surface area contributed by atoms with Gasteiger partial charge in [-0.1, -0.05) is 0 Å². The average molecular weight is 159 g/mol. The van der Waals surface area contributed by atoms with E-state index in [1.165, 1.54) is 11.3 Å². The number of hydrogen-bond acceptors (Lipinski definition) is 4. The maximum atomic E-state index is 8.56. The van der Waals surface area contributed by atoms with Crippen LogP contribution in [0.3, 0.4) is 0 Å². The summed E-state index contributed by atoms with van der Waals surface area (Å²) >= 11 is 1.45. The highest BCUT2D eigenvalue weighted by atomic mass is 32.1. The van der Waals surface area contributed by atoms with Gasteiger partial charge in [-0.3, -0.25) is 0 Å². The first kappa shape index (κ1) is 7.30. The van der Waals surface area contributed by atoms with Crippen molar-refractivity contribution in [3.63, 3.8) is 0 Å². The zero-order valence-corrected chi connectivity index (χ0v) is 6.21. The molecule has 0 saturated carbocycles. The fourth-order valence-electron chi connectivity index (χ4n) is 0.679. The second-order valence-corrected chi connectivity index (χ2v) is 2.60. The van der Waals surface area contributed by atoms with Gasteiger partial charge in [-0.05, 0) is 0 Å². The Hall–Kier alpha value is -0.810. The molecule has 0 aliphatic rings. The van der Waals surface area contributed by atoms with Crippen molar-refractivity contribution in [2.45, 2.75) is 6.54 Å². The van der Waals surface area contributed by atoms with Crippen molar-refractivity contribution in [3.05, 3.63) is 16.4 Å². The Balaban J connectivity index is 2.91. The number of nitrogens with two attached hydrogens (primary N) is 1. The van der Waals surface area contributed by atoms with Crippen LogP contribution in [0.15, 0.2) is 16.7 Å². The lowest BCUT2D eigenvalue weighted by Crippen LogP contribution is -2.17. The average Bonchev–Trinajstić information content (AvgIpc) is 2.36. The molecule has 1 aromatic rings. The van der Waals surface area contributed by atoms with Crippen molar-refractivity contribution < 1.29 is 5.11 Å². The van der Waals surface area contributed by atoms with Crippen molar-refractivity contribution in [2.24, 2.45) is 10.9 Å². The van der Waals surface area contributed by atoms with Gasteiger partial charge in [0.2, 0.25) is 4.80 Å². The Morgan fingerprint density at radius 2 is 2.60 bits per heavy atom. The normalized spacial score (nSPS) is 12.3. The molecular weight excluding hydrogens is 150 g/mol. The summed E-state index contributed by atoms with van der Waals surface area (Å²) in [5.74, 6) is 5.06. The van der Waals surface area contributed by atoms with Crippen molar-refractivity contribution in [3.8, 4) is 0 Å². The molecule has 0 aliphatic heterocycles. The van der Waals surface area contributed by atoms with Crippen LogP contribution in [0.1, 0.15) is 0 Å². The Kier molecular flexibility index (Phi) is 2.47. The standard InChI is InChI=1S/C5H9N3OS/c6-7-5-8(1-3-9)2-4-10-5/h2,4,9H,1,3,6H2/b7-5+. The number of hydrogen-bond donors (Lipinski definition) is 2. The summed E-state index contributed by atoms with van der Waals surface area (Å²) in [4.78, 5) is 0.731. The molecule has 1 heterocycles. The summed E-state index contributed by atoms with van der Waals surface area (Å²) in [7, 11) is 0. The Labute approximate surface area is 62.2 Å². The van der Waals surface area contributed by atoms with E-state index in [9.17, 15) is 0 Å². The van der Waals surface area contributed by atoms with E-state index in [0.29, 0.717) is 6.54 Å². The minimum Gasteiger partial charge on any atom is -0.395 e. The third kappa shape index (κ3) is 1.37. The van der Waals surface area contributed by atoms with Crippen LogP contribution in [0.4, 0.5) is 0 Å². The molecule has 3 N–H and O–H groups in total. The van der Waals surface area contributed by atoms with E-state index < -0.39 is 0 Å². The van der Waals surface area contributed by atoms with Gasteiger partial charge in [-0.15, -0.1) is 11.3 Å². The minimum atomic E-state index is 0.115. The maximum Gasteiger partial charge on any atom is 0.207 e. The SMILES string of the molecule is N/N=c1/sccn1CCO. The van der Waals surface area contributed by atoms with E-state index in [-0.39, 0.29) is 6.61 Å². The summed E-state index contributed by atoms with van der Waals surface area (Å²) in [6.45, 7) is 0.670. The molecule has 56 valence electrons. The number of aliphatic hydroxyl groups is 1. The molecule has 0 radical (unpaired) electrons. The fourth-order valence-corrected chi connectivity index (χ4v) is 1.36. The van der Waals surface area contributed by atoms with Crippen molar-refractivity contribution in [2.75, 3.05) is 6.61 Å².